The summed E-state index contributed by atoms with van der Waals surface area (Å²) in [6.45, 7) is 8.82. The Balaban J connectivity index is 1.69. The molecule has 0 saturated carbocycles. The Morgan fingerprint density at radius 1 is 1.14 bits per heavy atom. The Bertz CT molecular complexity index is 1150. The second kappa shape index (κ2) is 6.71. The van der Waals surface area contributed by atoms with Crippen LogP contribution in [-0.4, -0.2) is 37.9 Å². The summed E-state index contributed by atoms with van der Waals surface area (Å²) in [6.07, 6.45) is 3.97. The lowest BCUT2D eigenvalue weighted by atomic mass is 9.88. The highest BCUT2D eigenvalue weighted by molar-refractivity contribution is 5.91. The van der Waals surface area contributed by atoms with E-state index >= 15 is 0 Å². The summed E-state index contributed by atoms with van der Waals surface area (Å²) >= 11 is 0. The molecule has 0 aliphatic carbocycles. The summed E-state index contributed by atoms with van der Waals surface area (Å²) in [6, 6.07) is 8.99. The van der Waals surface area contributed by atoms with Gasteiger partial charge < -0.3 is 10.3 Å². The van der Waals surface area contributed by atoms with Crippen molar-refractivity contribution >= 4 is 16.6 Å². The van der Waals surface area contributed by atoms with Crippen LogP contribution in [0.3, 0.4) is 0 Å². The average molecular weight is 374 g/mol. The van der Waals surface area contributed by atoms with Gasteiger partial charge in [0, 0.05) is 10.9 Å². The fourth-order valence-corrected chi connectivity index (χ4v) is 4.53. The summed E-state index contributed by atoms with van der Waals surface area (Å²) in [4.78, 5) is 7.91. The lowest BCUT2D eigenvalue weighted by Gasteiger charge is -2.23. The van der Waals surface area contributed by atoms with E-state index in [1.54, 1.807) is 11.0 Å². The van der Waals surface area contributed by atoms with Crippen molar-refractivity contribution in [3.8, 4) is 11.4 Å². The SMILES string of the molecule is Cc1cc2ncnn2nc1-c1[nH]c2ccc(C3CCNCC3)cc2c1C(C)C. The number of rotatable bonds is 3. The minimum Gasteiger partial charge on any atom is -0.353 e. The van der Waals surface area contributed by atoms with Gasteiger partial charge in [-0.2, -0.15) is 0 Å². The maximum Gasteiger partial charge on any atom is 0.176 e. The van der Waals surface area contributed by atoms with E-state index in [-0.39, 0.29) is 0 Å². The third kappa shape index (κ3) is 2.79. The van der Waals surface area contributed by atoms with Crippen LogP contribution in [0.15, 0.2) is 30.6 Å². The van der Waals surface area contributed by atoms with Gasteiger partial charge in [0.05, 0.1) is 5.69 Å². The number of aryl methyl sites for hydroxylation is 1. The van der Waals surface area contributed by atoms with Crippen molar-refractivity contribution in [2.24, 2.45) is 0 Å². The van der Waals surface area contributed by atoms with Gasteiger partial charge in [-0.25, -0.2) is 4.98 Å². The van der Waals surface area contributed by atoms with Crippen LogP contribution in [0, 0.1) is 6.92 Å². The highest BCUT2D eigenvalue weighted by atomic mass is 15.4. The molecule has 1 saturated heterocycles. The number of aromatic amines is 1. The maximum absolute atomic E-state index is 4.76. The van der Waals surface area contributed by atoms with Gasteiger partial charge in [-0.05, 0) is 79.6 Å². The first-order valence-electron chi connectivity index (χ1n) is 10.2. The number of nitrogens with one attached hydrogen (secondary N) is 2. The average Bonchev–Trinajstić information content (AvgIpc) is 3.30. The van der Waals surface area contributed by atoms with Crippen LogP contribution in [0.1, 0.15) is 55.2 Å². The standard InChI is InChI=1S/C22H26N6/c1-13(2)20-17-11-16(15-6-8-23-9-7-15)4-5-18(17)26-22(20)21-14(3)10-19-24-12-25-28(19)27-21/h4-5,10-13,15,23,26H,6-9H2,1-3H3. The van der Waals surface area contributed by atoms with Gasteiger partial charge in [-0.3, -0.25) is 0 Å². The van der Waals surface area contributed by atoms with Gasteiger partial charge in [0.2, 0.25) is 0 Å². The molecule has 6 heteroatoms. The van der Waals surface area contributed by atoms with E-state index in [9.17, 15) is 0 Å². The Morgan fingerprint density at radius 3 is 2.75 bits per heavy atom. The molecule has 0 unspecified atom stereocenters. The van der Waals surface area contributed by atoms with Crippen LogP contribution >= 0.6 is 0 Å². The fraction of sp³-hybridized carbons (Fsp3) is 0.409. The van der Waals surface area contributed by atoms with Crippen molar-refractivity contribution < 1.29 is 0 Å². The monoisotopic (exact) mass is 374 g/mol. The van der Waals surface area contributed by atoms with Crippen LogP contribution in [0.25, 0.3) is 27.9 Å². The topological polar surface area (TPSA) is 70.9 Å². The van der Waals surface area contributed by atoms with Crippen LogP contribution in [0.5, 0.6) is 0 Å². The van der Waals surface area contributed by atoms with Gasteiger partial charge in [-0.15, -0.1) is 14.8 Å². The Labute approximate surface area is 164 Å². The highest BCUT2D eigenvalue weighted by Gasteiger charge is 2.22. The van der Waals surface area contributed by atoms with E-state index in [0.717, 1.165) is 35.7 Å². The molecule has 0 spiro atoms. The molecule has 0 bridgehead atoms. The van der Waals surface area contributed by atoms with E-state index in [1.165, 1.54) is 34.9 Å². The van der Waals surface area contributed by atoms with Gasteiger partial charge in [-0.1, -0.05) is 19.9 Å². The minimum atomic E-state index is 0.389. The summed E-state index contributed by atoms with van der Waals surface area (Å²) < 4.78 is 1.61. The number of hydrogen-bond acceptors (Lipinski definition) is 4. The first-order chi connectivity index (χ1) is 13.6. The Morgan fingerprint density at radius 2 is 1.96 bits per heavy atom. The number of aromatic nitrogens is 5. The van der Waals surface area contributed by atoms with Crippen LogP contribution in [0.2, 0.25) is 0 Å². The molecule has 6 nitrogen and oxygen atoms in total. The summed E-state index contributed by atoms with van der Waals surface area (Å²) in [5.41, 5.74) is 7.89. The van der Waals surface area contributed by atoms with Crippen molar-refractivity contribution in [1.82, 2.24) is 30.1 Å². The van der Waals surface area contributed by atoms with Gasteiger partial charge in [0.25, 0.3) is 0 Å². The van der Waals surface area contributed by atoms with Gasteiger partial charge >= 0.3 is 0 Å². The lowest BCUT2D eigenvalue weighted by molar-refractivity contribution is 0.460. The molecule has 1 fully saturated rings. The second-order valence-corrected chi connectivity index (χ2v) is 8.18. The normalized spacial score (nSPS) is 15.9. The molecule has 1 aliphatic rings. The molecule has 144 valence electrons. The molecule has 0 atom stereocenters. The molecule has 0 amide bonds. The van der Waals surface area contributed by atoms with Crippen LogP contribution in [-0.2, 0) is 0 Å². The third-order valence-corrected chi connectivity index (χ3v) is 5.96. The molecule has 1 aliphatic heterocycles. The number of benzene rings is 1. The largest absolute Gasteiger partial charge is 0.353 e. The molecule has 1 aromatic carbocycles. The molecule has 2 N–H and O–H groups in total. The third-order valence-electron chi connectivity index (χ3n) is 5.96. The molecular formula is C22H26N6. The molecule has 5 rings (SSSR count). The number of H-pyrrole nitrogens is 1. The molecule has 4 aromatic rings. The zero-order valence-electron chi connectivity index (χ0n) is 16.7. The molecule has 28 heavy (non-hydrogen) atoms. The number of piperidine rings is 1. The van der Waals surface area contributed by atoms with Crippen molar-refractivity contribution in [2.45, 2.75) is 45.4 Å². The lowest BCUT2D eigenvalue weighted by Crippen LogP contribution is -2.26. The molecule has 0 radical (unpaired) electrons. The maximum atomic E-state index is 4.76. The predicted molar refractivity (Wildman–Crippen MR) is 112 cm³/mol. The zero-order chi connectivity index (χ0) is 19.3. The minimum absolute atomic E-state index is 0.389. The van der Waals surface area contributed by atoms with E-state index in [1.807, 2.05) is 6.07 Å². The summed E-state index contributed by atoms with van der Waals surface area (Å²) in [7, 11) is 0. The van der Waals surface area contributed by atoms with Crippen molar-refractivity contribution in [3.63, 3.8) is 0 Å². The van der Waals surface area contributed by atoms with E-state index in [0.29, 0.717) is 11.8 Å². The van der Waals surface area contributed by atoms with Crippen molar-refractivity contribution in [3.05, 3.63) is 47.3 Å². The van der Waals surface area contributed by atoms with Gasteiger partial charge in [0.1, 0.15) is 12.0 Å². The smallest absolute Gasteiger partial charge is 0.176 e. The first kappa shape index (κ1) is 17.4. The predicted octanol–water partition coefficient (Wildman–Crippen LogP) is 4.17. The van der Waals surface area contributed by atoms with Crippen molar-refractivity contribution in [1.29, 1.82) is 0 Å². The van der Waals surface area contributed by atoms with Crippen LogP contribution < -0.4 is 5.32 Å². The van der Waals surface area contributed by atoms with E-state index in [4.69, 9.17) is 5.10 Å². The molecule has 3 aromatic heterocycles. The van der Waals surface area contributed by atoms with E-state index in [2.05, 4.69) is 59.4 Å². The second-order valence-electron chi connectivity index (χ2n) is 8.18. The quantitative estimate of drug-likeness (QED) is 0.565. The summed E-state index contributed by atoms with van der Waals surface area (Å²) in [5.74, 6) is 1.04. The molecular weight excluding hydrogens is 348 g/mol. The number of nitrogens with zero attached hydrogens (tertiary/aromatic N) is 4. The highest BCUT2D eigenvalue weighted by Crippen LogP contribution is 2.38. The Hall–Kier alpha value is -2.73. The van der Waals surface area contributed by atoms with E-state index < -0.39 is 0 Å². The molecule has 4 heterocycles. The number of fused-ring (bicyclic) bond motifs is 2. The number of hydrogen-bond donors (Lipinski definition) is 2. The van der Waals surface area contributed by atoms with Crippen molar-refractivity contribution in [2.75, 3.05) is 13.1 Å². The summed E-state index contributed by atoms with van der Waals surface area (Å²) in [5, 5.41) is 13.8. The van der Waals surface area contributed by atoms with Crippen LogP contribution in [0.4, 0.5) is 0 Å². The fourth-order valence-electron chi connectivity index (χ4n) is 4.53. The van der Waals surface area contributed by atoms with Gasteiger partial charge in [0.15, 0.2) is 5.65 Å². The Kier molecular flexibility index (Phi) is 4.16. The zero-order valence-corrected chi connectivity index (χ0v) is 16.7. The first-order valence-corrected chi connectivity index (χ1v) is 10.2.